The first-order valence-corrected chi connectivity index (χ1v) is 25.0. The molecule has 3 aromatic carbocycles. The highest BCUT2D eigenvalue weighted by atomic mass is 16.2. The van der Waals surface area contributed by atoms with Crippen LogP contribution in [0.3, 0.4) is 0 Å². The van der Waals surface area contributed by atoms with Gasteiger partial charge in [0.2, 0.25) is 17.7 Å². The molecule has 17 nitrogen and oxygen atoms in total. The summed E-state index contributed by atoms with van der Waals surface area (Å²) in [6, 6.07) is 26.1. The molecule has 384 valence electrons. The number of carbonyl (C=O) groups is 3. The number of aromatic nitrogens is 11. The minimum atomic E-state index is -0.594. The number of rotatable bonds is 6. The highest BCUT2D eigenvalue weighted by Crippen LogP contribution is 2.49. The van der Waals surface area contributed by atoms with Crippen LogP contribution in [0.25, 0.3) is 33.4 Å². The number of amides is 3. The molecule has 0 saturated carbocycles. The SMILES string of the molecule is Cc1ccc(-c2ccc3c(c2)N(c2cn(C)cn2)C(=O)C3(C)C)cn1.Cc1ncc(-c2ccc3c(c2)N(c2cc(C)n(C)n2)C(=O)C3(C)C)cn1.Cc1ncc(-c2ccc3c(c2)N(c2ccn(C)n2)C(=O)C3(C)C)cn1. The lowest BCUT2D eigenvalue weighted by molar-refractivity contribution is -0.122. The molecule has 0 aliphatic carbocycles. The van der Waals surface area contributed by atoms with Gasteiger partial charge < -0.3 is 4.57 Å². The van der Waals surface area contributed by atoms with Gasteiger partial charge in [-0.25, -0.2) is 24.9 Å². The molecule has 9 heterocycles. The van der Waals surface area contributed by atoms with Crippen molar-refractivity contribution >= 4 is 52.2 Å². The molecule has 0 radical (unpaired) electrons. The van der Waals surface area contributed by atoms with E-state index in [1.807, 2.05) is 174 Å². The molecule has 12 rings (SSSR count). The molecular weight excluding hydrogens is 953 g/mol. The number of nitrogens with zero attached hydrogens (tertiary/aromatic N) is 14. The van der Waals surface area contributed by atoms with Crippen LogP contribution < -0.4 is 14.7 Å². The maximum Gasteiger partial charge on any atom is 0.242 e. The minimum absolute atomic E-state index is 0.0264. The first kappa shape index (κ1) is 50.5. The Bertz CT molecular complexity index is 3550. The summed E-state index contributed by atoms with van der Waals surface area (Å²) in [5.74, 6) is 3.50. The molecule has 17 heteroatoms. The standard InChI is InChI=1S/C20H21N5O.C20H20N4O.C19H19N5O/c1-12-8-18(23-24(12)5)25-17-9-14(15-10-21-13(2)22-11-15)6-7-16(17)20(3,4)19(25)26;1-13-5-6-15(10-21-13)14-7-8-16-17(9-14)24(19(25)20(16,2)3)18-11-23(4)12-22-18;1-12-20-10-14(11-21-12)13-5-6-15-16(9-13)24(18(25)19(15,2)3)17-7-8-23(4)22-17/h6-11H,1-5H3;5-12H,1-4H3;5-11H,1-4H3. The number of aryl methyl sites for hydroxylation is 7. The fourth-order valence-corrected chi connectivity index (χ4v) is 9.88. The van der Waals surface area contributed by atoms with Crippen molar-refractivity contribution in [2.75, 3.05) is 14.7 Å². The van der Waals surface area contributed by atoms with Crippen LogP contribution in [0.1, 0.15) is 81.3 Å². The zero-order valence-electron chi connectivity index (χ0n) is 45.1. The van der Waals surface area contributed by atoms with Crippen LogP contribution in [-0.2, 0) is 51.8 Å². The summed E-state index contributed by atoms with van der Waals surface area (Å²) >= 11 is 0. The van der Waals surface area contributed by atoms with Gasteiger partial charge in [-0.15, -0.1) is 0 Å². The zero-order chi connectivity index (χ0) is 54.2. The Morgan fingerprint density at radius 2 is 0.842 bits per heavy atom. The van der Waals surface area contributed by atoms with Crippen molar-refractivity contribution in [2.45, 2.75) is 85.5 Å². The van der Waals surface area contributed by atoms with Crippen molar-refractivity contribution in [2.24, 2.45) is 21.1 Å². The van der Waals surface area contributed by atoms with Gasteiger partial charge >= 0.3 is 0 Å². The molecule has 0 bridgehead atoms. The van der Waals surface area contributed by atoms with E-state index in [2.05, 4.69) is 58.3 Å². The Hall–Kier alpha value is -8.99. The predicted molar refractivity (Wildman–Crippen MR) is 294 cm³/mol. The minimum Gasteiger partial charge on any atom is -0.338 e. The van der Waals surface area contributed by atoms with Crippen LogP contribution in [0, 0.1) is 27.7 Å². The maximum atomic E-state index is 13.1. The Morgan fingerprint density at radius 1 is 0.421 bits per heavy atom. The number of imidazole rings is 1. The van der Waals surface area contributed by atoms with Crippen LogP contribution in [0.5, 0.6) is 0 Å². The van der Waals surface area contributed by atoms with Crippen LogP contribution in [-0.4, -0.2) is 71.8 Å². The smallest absolute Gasteiger partial charge is 0.242 e. The van der Waals surface area contributed by atoms with Crippen LogP contribution in [0.15, 0.2) is 129 Å². The first-order chi connectivity index (χ1) is 36.0. The van der Waals surface area contributed by atoms with Gasteiger partial charge in [0.25, 0.3) is 0 Å². The van der Waals surface area contributed by atoms with Gasteiger partial charge in [-0.1, -0.05) is 42.5 Å². The second-order valence-corrected chi connectivity index (χ2v) is 21.2. The van der Waals surface area contributed by atoms with Gasteiger partial charge in [-0.05, 0) is 127 Å². The van der Waals surface area contributed by atoms with Gasteiger partial charge in [0.1, 0.15) is 11.6 Å². The number of benzene rings is 3. The van der Waals surface area contributed by atoms with E-state index in [-0.39, 0.29) is 17.7 Å². The van der Waals surface area contributed by atoms with E-state index >= 15 is 0 Å². The highest BCUT2D eigenvalue weighted by Gasteiger charge is 2.48. The van der Waals surface area contributed by atoms with Crippen molar-refractivity contribution in [1.82, 2.24) is 54.0 Å². The second-order valence-electron chi connectivity index (χ2n) is 21.2. The summed E-state index contributed by atoms with van der Waals surface area (Å²) in [6.45, 7) is 19.4. The second kappa shape index (κ2) is 18.7. The number of hydrogen-bond acceptors (Lipinski definition) is 11. The fourth-order valence-electron chi connectivity index (χ4n) is 9.88. The maximum absolute atomic E-state index is 13.1. The molecule has 0 spiro atoms. The predicted octanol–water partition coefficient (Wildman–Crippen LogP) is 10.3. The van der Waals surface area contributed by atoms with Crippen molar-refractivity contribution in [1.29, 1.82) is 0 Å². The first-order valence-electron chi connectivity index (χ1n) is 25.0. The molecular formula is C59H60N14O3. The molecule has 6 aromatic heterocycles. The molecule has 76 heavy (non-hydrogen) atoms. The fraction of sp³-hybridized carbons (Fsp3) is 0.271. The lowest BCUT2D eigenvalue weighted by atomic mass is 9.85. The number of fused-ring (bicyclic) bond motifs is 3. The van der Waals surface area contributed by atoms with Crippen molar-refractivity contribution in [3.05, 3.63) is 168 Å². The van der Waals surface area contributed by atoms with Crippen LogP contribution in [0.2, 0.25) is 0 Å². The summed E-state index contributed by atoms with van der Waals surface area (Å²) in [5.41, 5.74) is 11.8. The summed E-state index contributed by atoms with van der Waals surface area (Å²) < 4.78 is 5.33. The number of carbonyl (C=O) groups excluding carboxylic acids is 3. The summed E-state index contributed by atoms with van der Waals surface area (Å²) in [4.78, 5) is 70.2. The van der Waals surface area contributed by atoms with Gasteiger partial charge in [-0.2, -0.15) is 10.2 Å². The van der Waals surface area contributed by atoms with Crippen molar-refractivity contribution in [3.63, 3.8) is 0 Å². The van der Waals surface area contributed by atoms with E-state index in [0.717, 1.165) is 90.2 Å². The van der Waals surface area contributed by atoms with Crippen molar-refractivity contribution < 1.29 is 14.4 Å². The van der Waals surface area contributed by atoms with E-state index < -0.39 is 16.2 Å². The average molecular weight is 1010 g/mol. The van der Waals surface area contributed by atoms with E-state index in [4.69, 9.17) is 0 Å². The Morgan fingerprint density at radius 3 is 1.22 bits per heavy atom. The lowest BCUT2D eigenvalue weighted by Crippen LogP contribution is -2.33. The number of pyridine rings is 1. The molecule has 3 amide bonds. The highest BCUT2D eigenvalue weighted by molar-refractivity contribution is 6.14. The topological polar surface area (TPSA) is 179 Å². The van der Waals surface area contributed by atoms with Crippen LogP contribution in [0.4, 0.5) is 34.5 Å². The third-order valence-electron chi connectivity index (χ3n) is 14.6. The van der Waals surface area contributed by atoms with Crippen LogP contribution >= 0.6 is 0 Å². The molecule has 0 atom stereocenters. The molecule has 0 saturated heterocycles. The summed E-state index contributed by atoms with van der Waals surface area (Å²) in [5, 5.41) is 8.94. The Balaban J connectivity index is 0.000000130. The Labute approximate surface area is 442 Å². The number of anilines is 6. The van der Waals surface area contributed by atoms with Gasteiger partial charge in [0.15, 0.2) is 17.5 Å². The van der Waals surface area contributed by atoms with E-state index in [0.29, 0.717) is 17.5 Å². The third kappa shape index (κ3) is 8.80. The van der Waals surface area contributed by atoms with Gasteiger partial charge in [0, 0.05) is 105 Å². The van der Waals surface area contributed by atoms with Gasteiger partial charge in [-0.3, -0.25) is 43.4 Å². The van der Waals surface area contributed by atoms with Crippen molar-refractivity contribution in [3.8, 4) is 33.4 Å². The zero-order valence-corrected chi connectivity index (χ0v) is 45.1. The molecule has 0 unspecified atom stereocenters. The molecule has 0 fully saturated rings. The average Bonchev–Trinajstić information content (AvgIpc) is 4.22. The summed E-state index contributed by atoms with van der Waals surface area (Å²) in [6.07, 6.45) is 14.5. The normalized spacial score (nSPS) is 15.5. The quantitative estimate of drug-likeness (QED) is 0.155. The molecule has 9 aromatic rings. The number of hydrogen-bond donors (Lipinski definition) is 0. The van der Waals surface area contributed by atoms with E-state index in [1.165, 1.54) is 0 Å². The molecule has 3 aliphatic heterocycles. The van der Waals surface area contributed by atoms with Gasteiger partial charge in [0.05, 0.1) is 39.6 Å². The lowest BCUT2D eigenvalue weighted by Gasteiger charge is -2.18. The largest absolute Gasteiger partial charge is 0.338 e. The van der Waals surface area contributed by atoms with E-state index in [1.54, 1.807) is 55.2 Å². The molecule has 3 aliphatic rings. The monoisotopic (exact) mass is 1010 g/mol. The Kier molecular flexibility index (Phi) is 12.5. The third-order valence-corrected chi connectivity index (χ3v) is 14.6. The van der Waals surface area contributed by atoms with E-state index in [9.17, 15) is 14.4 Å². The summed E-state index contributed by atoms with van der Waals surface area (Å²) in [7, 11) is 5.62. The molecule has 0 N–H and O–H groups in total.